The summed E-state index contributed by atoms with van der Waals surface area (Å²) < 4.78 is 0. The molecule has 0 saturated carbocycles. The molecule has 1 aliphatic heterocycles. The topological polar surface area (TPSA) is 133 Å². The van der Waals surface area contributed by atoms with E-state index in [1.54, 1.807) is 13.8 Å². The highest BCUT2D eigenvalue weighted by atomic mass is 16.4. The third kappa shape index (κ3) is 4.09. The fourth-order valence-corrected chi connectivity index (χ4v) is 2.11. The molecule has 1 heterocycles. The standard InChI is InChI=1S/C11H19N3O5/c1-11(2,4-8(12)16)13-10(19)14-5-6(15)3-7(14)9(17)18/h6-7,15H,3-5H2,1-2H3,(H2,12,16)(H,13,19)(H,17,18)/t6-,7-/m0/s1. The summed E-state index contributed by atoms with van der Waals surface area (Å²) in [6, 6.07) is -1.69. The zero-order valence-electron chi connectivity index (χ0n) is 10.9. The molecule has 0 bridgehead atoms. The van der Waals surface area contributed by atoms with Crippen molar-refractivity contribution in [3.8, 4) is 0 Å². The number of nitrogens with two attached hydrogens (primary N) is 1. The molecule has 19 heavy (non-hydrogen) atoms. The number of nitrogens with one attached hydrogen (secondary N) is 1. The normalized spacial score (nSPS) is 23.2. The summed E-state index contributed by atoms with van der Waals surface area (Å²) in [5.41, 5.74) is 4.19. The van der Waals surface area contributed by atoms with Crippen LogP contribution in [0.1, 0.15) is 26.7 Å². The van der Waals surface area contributed by atoms with Crippen molar-refractivity contribution in [2.24, 2.45) is 5.73 Å². The summed E-state index contributed by atoms with van der Waals surface area (Å²) in [5, 5.41) is 21.0. The van der Waals surface area contributed by atoms with Crippen LogP contribution in [0.25, 0.3) is 0 Å². The van der Waals surface area contributed by atoms with Gasteiger partial charge >= 0.3 is 12.0 Å². The van der Waals surface area contributed by atoms with Gasteiger partial charge < -0.3 is 26.2 Å². The minimum atomic E-state index is -1.17. The zero-order valence-corrected chi connectivity index (χ0v) is 10.9. The molecule has 0 unspecified atom stereocenters. The minimum absolute atomic E-state index is 0.000991. The van der Waals surface area contributed by atoms with E-state index in [1.165, 1.54) is 0 Å². The lowest BCUT2D eigenvalue weighted by molar-refractivity contribution is -0.141. The summed E-state index contributed by atoms with van der Waals surface area (Å²) in [4.78, 5) is 34.9. The van der Waals surface area contributed by atoms with E-state index in [-0.39, 0.29) is 19.4 Å². The van der Waals surface area contributed by atoms with E-state index in [0.29, 0.717) is 0 Å². The number of hydrogen-bond acceptors (Lipinski definition) is 4. The molecule has 2 atom stereocenters. The molecule has 0 spiro atoms. The van der Waals surface area contributed by atoms with Crippen molar-refractivity contribution in [1.29, 1.82) is 0 Å². The first-order valence-corrected chi connectivity index (χ1v) is 5.90. The second-order valence-electron chi connectivity index (χ2n) is 5.35. The molecule has 0 aliphatic carbocycles. The number of carboxylic acids is 1. The maximum atomic E-state index is 12.0. The highest BCUT2D eigenvalue weighted by Crippen LogP contribution is 2.19. The van der Waals surface area contributed by atoms with Gasteiger partial charge in [0, 0.05) is 24.9 Å². The summed E-state index contributed by atoms with van der Waals surface area (Å²) in [5.74, 6) is -1.74. The van der Waals surface area contributed by atoms with Gasteiger partial charge in [-0.25, -0.2) is 9.59 Å². The number of hydrogen-bond donors (Lipinski definition) is 4. The van der Waals surface area contributed by atoms with E-state index in [0.717, 1.165) is 4.90 Å². The van der Waals surface area contributed by atoms with Crippen molar-refractivity contribution in [3.63, 3.8) is 0 Å². The molecule has 5 N–H and O–H groups in total. The van der Waals surface area contributed by atoms with Crippen LogP contribution < -0.4 is 11.1 Å². The molecule has 0 aromatic rings. The lowest BCUT2D eigenvalue weighted by atomic mass is 10.0. The summed E-state index contributed by atoms with van der Waals surface area (Å²) in [7, 11) is 0. The number of primary amides is 1. The van der Waals surface area contributed by atoms with Crippen LogP contribution in [0.5, 0.6) is 0 Å². The molecule has 1 aliphatic rings. The van der Waals surface area contributed by atoms with Gasteiger partial charge in [0.2, 0.25) is 5.91 Å². The van der Waals surface area contributed by atoms with Crippen molar-refractivity contribution in [3.05, 3.63) is 0 Å². The van der Waals surface area contributed by atoms with Crippen LogP contribution in [-0.2, 0) is 9.59 Å². The first-order chi connectivity index (χ1) is 8.62. The van der Waals surface area contributed by atoms with E-state index in [4.69, 9.17) is 10.8 Å². The third-order valence-corrected chi connectivity index (χ3v) is 2.89. The van der Waals surface area contributed by atoms with Gasteiger partial charge in [0.15, 0.2) is 0 Å². The lowest BCUT2D eigenvalue weighted by Gasteiger charge is -2.29. The molecule has 1 saturated heterocycles. The number of urea groups is 1. The van der Waals surface area contributed by atoms with Crippen LogP contribution in [0.2, 0.25) is 0 Å². The average Bonchev–Trinajstić information content (AvgIpc) is 2.57. The molecule has 0 radical (unpaired) electrons. The van der Waals surface area contributed by atoms with Crippen LogP contribution in [-0.4, -0.2) is 57.3 Å². The molecule has 3 amide bonds. The SMILES string of the molecule is CC(C)(CC(N)=O)NC(=O)N1C[C@@H](O)C[C@H]1C(=O)O. The number of β-amino-alcohol motifs (C(OH)–C–C–N with tert-alkyl or cyclic N) is 1. The van der Waals surface area contributed by atoms with Crippen molar-refractivity contribution in [2.45, 2.75) is 44.4 Å². The molecule has 108 valence electrons. The Kier molecular flexibility index (Phi) is 4.35. The largest absolute Gasteiger partial charge is 0.480 e. The number of aliphatic carboxylic acids is 1. The van der Waals surface area contributed by atoms with Gasteiger partial charge in [-0.05, 0) is 13.8 Å². The van der Waals surface area contributed by atoms with Crippen molar-refractivity contribution in [2.75, 3.05) is 6.54 Å². The van der Waals surface area contributed by atoms with E-state index in [2.05, 4.69) is 5.32 Å². The Labute approximate surface area is 110 Å². The van der Waals surface area contributed by atoms with Gasteiger partial charge in [0.25, 0.3) is 0 Å². The van der Waals surface area contributed by atoms with Crippen LogP contribution in [0, 0.1) is 0 Å². The second-order valence-corrected chi connectivity index (χ2v) is 5.35. The molecule has 1 fully saturated rings. The number of carboxylic acid groups (broad SMARTS) is 1. The van der Waals surface area contributed by atoms with Gasteiger partial charge in [-0.15, -0.1) is 0 Å². The quantitative estimate of drug-likeness (QED) is 0.514. The smallest absolute Gasteiger partial charge is 0.326 e. The van der Waals surface area contributed by atoms with Crippen molar-refractivity contribution in [1.82, 2.24) is 10.2 Å². The highest BCUT2D eigenvalue weighted by Gasteiger charge is 2.40. The maximum absolute atomic E-state index is 12.0. The number of nitrogens with zero attached hydrogens (tertiary/aromatic N) is 1. The molecular formula is C11H19N3O5. The number of aliphatic hydroxyl groups excluding tert-OH is 1. The first-order valence-electron chi connectivity index (χ1n) is 5.90. The minimum Gasteiger partial charge on any atom is -0.480 e. The Morgan fingerprint density at radius 3 is 2.47 bits per heavy atom. The molecular weight excluding hydrogens is 254 g/mol. The monoisotopic (exact) mass is 273 g/mol. The fraction of sp³-hybridized carbons (Fsp3) is 0.727. The Hall–Kier alpha value is -1.83. The molecule has 1 rings (SSSR count). The lowest BCUT2D eigenvalue weighted by Crippen LogP contribution is -2.54. The predicted octanol–water partition coefficient (Wildman–Crippen LogP) is -1.13. The maximum Gasteiger partial charge on any atom is 0.326 e. The number of likely N-dealkylation sites (tertiary alicyclic amines) is 1. The Morgan fingerprint density at radius 1 is 1.42 bits per heavy atom. The molecule has 8 heteroatoms. The number of aliphatic hydroxyl groups is 1. The molecule has 0 aromatic carbocycles. The van der Waals surface area contributed by atoms with Crippen molar-refractivity contribution >= 4 is 17.9 Å². The molecule has 0 aromatic heterocycles. The Morgan fingerprint density at radius 2 is 2.00 bits per heavy atom. The third-order valence-electron chi connectivity index (χ3n) is 2.89. The van der Waals surface area contributed by atoms with E-state index in [1.807, 2.05) is 0 Å². The van der Waals surface area contributed by atoms with Gasteiger partial charge in [-0.2, -0.15) is 0 Å². The number of carbonyl (C=O) groups excluding carboxylic acids is 2. The second kappa shape index (κ2) is 5.43. The van der Waals surface area contributed by atoms with Crippen LogP contribution in [0.3, 0.4) is 0 Å². The zero-order chi connectivity index (χ0) is 14.8. The summed E-state index contributed by atoms with van der Waals surface area (Å²) >= 11 is 0. The average molecular weight is 273 g/mol. The van der Waals surface area contributed by atoms with Crippen LogP contribution in [0.4, 0.5) is 4.79 Å². The van der Waals surface area contributed by atoms with E-state index >= 15 is 0 Å². The van der Waals surface area contributed by atoms with Crippen LogP contribution in [0.15, 0.2) is 0 Å². The number of rotatable bonds is 4. The Bertz CT molecular complexity index is 396. The van der Waals surface area contributed by atoms with Crippen LogP contribution >= 0.6 is 0 Å². The highest BCUT2D eigenvalue weighted by molar-refractivity contribution is 5.84. The van der Waals surface area contributed by atoms with Gasteiger partial charge in [0.1, 0.15) is 6.04 Å². The van der Waals surface area contributed by atoms with Gasteiger partial charge in [-0.3, -0.25) is 4.79 Å². The summed E-state index contributed by atoms with van der Waals surface area (Å²) in [6.45, 7) is 3.17. The number of carbonyl (C=O) groups is 3. The summed E-state index contributed by atoms with van der Waals surface area (Å²) in [6.07, 6.45) is -0.919. The number of amides is 3. The van der Waals surface area contributed by atoms with Crippen molar-refractivity contribution < 1.29 is 24.6 Å². The van der Waals surface area contributed by atoms with E-state index in [9.17, 15) is 19.5 Å². The van der Waals surface area contributed by atoms with Gasteiger partial charge in [0.05, 0.1) is 6.10 Å². The first kappa shape index (κ1) is 15.2. The molecule has 8 nitrogen and oxygen atoms in total. The predicted molar refractivity (Wildman–Crippen MR) is 65.2 cm³/mol. The fourth-order valence-electron chi connectivity index (χ4n) is 2.11. The Balaban J connectivity index is 2.71. The van der Waals surface area contributed by atoms with E-state index < -0.39 is 35.6 Å². The van der Waals surface area contributed by atoms with Gasteiger partial charge in [-0.1, -0.05) is 0 Å².